The second-order valence-electron chi connectivity index (χ2n) is 5.93. The van der Waals surface area contributed by atoms with Crippen molar-refractivity contribution in [2.45, 2.75) is 13.0 Å². The Morgan fingerprint density at radius 1 is 1.07 bits per heavy atom. The molecule has 1 atom stereocenters. The molecular formula is C20H18F2N2O4S. The number of anilines is 1. The van der Waals surface area contributed by atoms with Gasteiger partial charge in [0.15, 0.2) is 34.4 Å². The Hall–Kier alpha value is -3.20. The van der Waals surface area contributed by atoms with E-state index in [1.807, 2.05) is 6.07 Å². The Bertz CT molecular complexity index is 1030. The van der Waals surface area contributed by atoms with Crippen LogP contribution in [0.3, 0.4) is 0 Å². The van der Waals surface area contributed by atoms with E-state index >= 15 is 0 Å². The van der Waals surface area contributed by atoms with E-state index in [1.165, 1.54) is 24.3 Å². The molecule has 1 heterocycles. The van der Waals surface area contributed by atoms with Crippen molar-refractivity contribution in [2.24, 2.45) is 0 Å². The van der Waals surface area contributed by atoms with Gasteiger partial charge in [-0.25, -0.2) is 13.8 Å². The molecule has 29 heavy (non-hydrogen) atoms. The number of nitrogens with one attached hydrogen (secondary N) is 1. The average molecular weight is 420 g/mol. The van der Waals surface area contributed by atoms with Crippen molar-refractivity contribution in [1.82, 2.24) is 4.98 Å². The van der Waals surface area contributed by atoms with Gasteiger partial charge in [0.25, 0.3) is 5.91 Å². The monoisotopic (exact) mass is 420 g/mol. The minimum Gasteiger partial charge on any atom is -0.493 e. The van der Waals surface area contributed by atoms with E-state index in [-0.39, 0.29) is 5.75 Å². The lowest BCUT2D eigenvalue weighted by Gasteiger charge is -2.13. The molecule has 1 aromatic heterocycles. The van der Waals surface area contributed by atoms with Crippen molar-refractivity contribution in [3.05, 3.63) is 53.4 Å². The molecule has 1 amide bonds. The van der Waals surface area contributed by atoms with Crippen molar-refractivity contribution < 1.29 is 27.8 Å². The van der Waals surface area contributed by atoms with E-state index in [0.29, 0.717) is 22.3 Å². The standard InChI is InChI=1S/C20H18F2N2O4S/c1-11(28-13-5-6-14(21)15(22)9-13)19(25)24-20-23-16(10-29-20)12-4-7-17(26-2)18(8-12)27-3/h4-11H,1-3H3,(H,23,24,25). The maximum atomic E-state index is 13.3. The van der Waals surface area contributed by atoms with E-state index in [4.69, 9.17) is 14.2 Å². The first-order valence-electron chi connectivity index (χ1n) is 8.51. The zero-order valence-corrected chi connectivity index (χ0v) is 16.7. The van der Waals surface area contributed by atoms with Gasteiger partial charge in [0.05, 0.1) is 19.9 Å². The summed E-state index contributed by atoms with van der Waals surface area (Å²) in [5, 5.41) is 4.81. The number of nitrogens with zero attached hydrogens (tertiary/aromatic N) is 1. The van der Waals surface area contributed by atoms with Crippen LogP contribution in [-0.2, 0) is 4.79 Å². The molecule has 0 aliphatic rings. The molecule has 6 nitrogen and oxygen atoms in total. The molecule has 0 aliphatic carbocycles. The number of methoxy groups -OCH3 is 2. The molecule has 3 rings (SSSR count). The lowest BCUT2D eigenvalue weighted by atomic mass is 10.1. The van der Waals surface area contributed by atoms with Crippen LogP contribution in [-0.4, -0.2) is 31.2 Å². The quantitative estimate of drug-likeness (QED) is 0.609. The van der Waals surface area contributed by atoms with Crippen molar-refractivity contribution >= 4 is 22.4 Å². The van der Waals surface area contributed by atoms with Crippen molar-refractivity contribution in [3.8, 4) is 28.5 Å². The number of halogens is 2. The number of amides is 1. The number of hydrogen-bond acceptors (Lipinski definition) is 6. The lowest BCUT2D eigenvalue weighted by molar-refractivity contribution is -0.122. The van der Waals surface area contributed by atoms with E-state index in [0.717, 1.165) is 17.7 Å². The van der Waals surface area contributed by atoms with Crippen LogP contribution in [0.15, 0.2) is 41.8 Å². The zero-order valence-electron chi connectivity index (χ0n) is 15.9. The van der Waals surface area contributed by atoms with Gasteiger partial charge in [-0.15, -0.1) is 11.3 Å². The molecule has 2 aromatic carbocycles. The van der Waals surface area contributed by atoms with Crippen molar-refractivity contribution in [3.63, 3.8) is 0 Å². The highest BCUT2D eigenvalue weighted by molar-refractivity contribution is 7.14. The number of hydrogen-bond donors (Lipinski definition) is 1. The molecule has 0 radical (unpaired) electrons. The third kappa shape index (κ3) is 4.80. The molecule has 0 aliphatic heterocycles. The molecule has 3 aromatic rings. The van der Waals surface area contributed by atoms with Crippen LogP contribution in [0.4, 0.5) is 13.9 Å². The van der Waals surface area contributed by atoms with Crippen LogP contribution in [0.2, 0.25) is 0 Å². The van der Waals surface area contributed by atoms with E-state index < -0.39 is 23.6 Å². The Morgan fingerprint density at radius 3 is 2.52 bits per heavy atom. The summed E-state index contributed by atoms with van der Waals surface area (Å²) >= 11 is 1.24. The van der Waals surface area contributed by atoms with Crippen LogP contribution in [0, 0.1) is 11.6 Å². The van der Waals surface area contributed by atoms with Crippen LogP contribution >= 0.6 is 11.3 Å². The molecule has 0 spiro atoms. The van der Waals surface area contributed by atoms with Crippen LogP contribution in [0.5, 0.6) is 17.2 Å². The number of carbonyl (C=O) groups is 1. The second-order valence-corrected chi connectivity index (χ2v) is 6.79. The Labute approximate surface area is 170 Å². The van der Waals surface area contributed by atoms with Gasteiger partial charge in [-0.2, -0.15) is 0 Å². The highest BCUT2D eigenvalue weighted by Gasteiger charge is 2.18. The number of benzene rings is 2. The average Bonchev–Trinajstić information content (AvgIpc) is 3.18. The number of carbonyl (C=O) groups excluding carboxylic acids is 1. The van der Waals surface area contributed by atoms with Gasteiger partial charge in [-0.3, -0.25) is 10.1 Å². The van der Waals surface area contributed by atoms with E-state index in [9.17, 15) is 13.6 Å². The molecule has 0 fully saturated rings. The number of rotatable bonds is 7. The van der Waals surface area contributed by atoms with Crippen molar-refractivity contribution in [2.75, 3.05) is 19.5 Å². The summed E-state index contributed by atoms with van der Waals surface area (Å²) in [5.41, 5.74) is 1.45. The summed E-state index contributed by atoms with van der Waals surface area (Å²) in [6.45, 7) is 1.50. The largest absolute Gasteiger partial charge is 0.493 e. The third-order valence-electron chi connectivity index (χ3n) is 3.99. The van der Waals surface area contributed by atoms with Gasteiger partial charge < -0.3 is 14.2 Å². The van der Waals surface area contributed by atoms with Gasteiger partial charge in [0, 0.05) is 17.0 Å². The summed E-state index contributed by atoms with van der Waals surface area (Å²) < 4.78 is 42.1. The minimum atomic E-state index is -1.05. The molecule has 9 heteroatoms. The fourth-order valence-electron chi connectivity index (χ4n) is 2.47. The molecular weight excluding hydrogens is 402 g/mol. The summed E-state index contributed by atoms with van der Waals surface area (Å²) in [6, 6.07) is 8.46. The first-order chi connectivity index (χ1) is 13.9. The van der Waals surface area contributed by atoms with Crippen molar-refractivity contribution in [1.29, 1.82) is 0 Å². The minimum absolute atomic E-state index is 0.0525. The predicted octanol–water partition coefficient (Wildman–Crippen LogP) is 4.51. The lowest BCUT2D eigenvalue weighted by Crippen LogP contribution is -2.30. The van der Waals surface area contributed by atoms with Gasteiger partial charge in [0.1, 0.15) is 5.75 Å². The first-order valence-corrected chi connectivity index (χ1v) is 9.39. The molecule has 0 saturated heterocycles. The third-order valence-corrected chi connectivity index (χ3v) is 4.74. The molecule has 152 valence electrons. The molecule has 1 unspecified atom stereocenters. The molecule has 1 N–H and O–H groups in total. The molecule has 0 saturated carbocycles. The van der Waals surface area contributed by atoms with E-state index in [1.54, 1.807) is 31.7 Å². The number of aromatic nitrogens is 1. The van der Waals surface area contributed by atoms with Gasteiger partial charge >= 0.3 is 0 Å². The summed E-state index contributed by atoms with van der Waals surface area (Å²) in [5.74, 6) is -1.28. The predicted molar refractivity (Wildman–Crippen MR) is 106 cm³/mol. The highest BCUT2D eigenvalue weighted by Crippen LogP contribution is 2.33. The smallest absolute Gasteiger partial charge is 0.266 e. The summed E-state index contributed by atoms with van der Waals surface area (Å²) in [6.07, 6.45) is -0.937. The number of ether oxygens (including phenoxy) is 3. The maximum absolute atomic E-state index is 13.3. The fraction of sp³-hybridized carbons (Fsp3) is 0.200. The van der Waals surface area contributed by atoms with E-state index in [2.05, 4.69) is 10.3 Å². The topological polar surface area (TPSA) is 69.7 Å². The van der Waals surface area contributed by atoms with Gasteiger partial charge in [0.2, 0.25) is 0 Å². The van der Waals surface area contributed by atoms with Crippen LogP contribution in [0.1, 0.15) is 6.92 Å². The summed E-state index contributed by atoms with van der Waals surface area (Å²) in [7, 11) is 3.10. The summed E-state index contributed by atoms with van der Waals surface area (Å²) in [4.78, 5) is 16.7. The van der Waals surface area contributed by atoms with Crippen LogP contribution in [0.25, 0.3) is 11.3 Å². The first kappa shape index (κ1) is 20.5. The SMILES string of the molecule is COc1ccc(-c2csc(NC(=O)C(C)Oc3ccc(F)c(F)c3)n2)cc1OC. The van der Waals surface area contributed by atoms with Gasteiger partial charge in [-0.05, 0) is 37.3 Å². The molecule has 0 bridgehead atoms. The highest BCUT2D eigenvalue weighted by atomic mass is 32.1. The zero-order chi connectivity index (χ0) is 21.0. The van der Waals surface area contributed by atoms with Gasteiger partial charge in [-0.1, -0.05) is 0 Å². The fourth-order valence-corrected chi connectivity index (χ4v) is 3.20. The number of thiazole rings is 1. The normalized spacial score (nSPS) is 11.6. The Balaban J connectivity index is 1.67. The van der Waals surface area contributed by atoms with Crippen LogP contribution < -0.4 is 19.5 Å². The Morgan fingerprint density at radius 2 is 1.83 bits per heavy atom. The maximum Gasteiger partial charge on any atom is 0.266 e. The second kappa shape index (κ2) is 8.87. The Kier molecular flexibility index (Phi) is 6.28.